The van der Waals surface area contributed by atoms with Crippen molar-refractivity contribution in [1.29, 1.82) is 0 Å². The highest BCUT2D eigenvalue weighted by Crippen LogP contribution is 2.26. The molecule has 10 heteroatoms. The Morgan fingerprint density at radius 1 is 1.23 bits per heavy atom. The number of amides is 2. The molecule has 2 N–H and O–H groups in total. The quantitative estimate of drug-likeness (QED) is 0.693. The second kappa shape index (κ2) is 8.19. The van der Waals surface area contributed by atoms with E-state index in [2.05, 4.69) is 26.0 Å². The first-order chi connectivity index (χ1) is 12.0. The van der Waals surface area contributed by atoms with Gasteiger partial charge in [0, 0.05) is 24.5 Å². The molecular weight excluding hydrogens is 442 g/mol. The van der Waals surface area contributed by atoms with Gasteiger partial charge in [0.25, 0.3) is 5.91 Å². The molecule has 0 aliphatic heterocycles. The third-order valence-electron chi connectivity index (χ3n) is 3.23. The van der Waals surface area contributed by atoms with Crippen molar-refractivity contribution in [2.75, 3.05) is 23.3 Å². The molecule has 0 saturated heterocycles. The summed E-state index contributed by atoms with van der Waals surface area (Å²) in [6, 6.07) is 8.24. The summed E-state index contributed by atoms with van der Waals surface area (Å²) in [5.74, 6) is -0.656. The number of anilines is 2. The molecular formula is C16H18BrN3O4S2. The SMILES string of the molecule is CC(=O)Nc1ccc(NS(C)(=O)=O)c(C(=O)N(C)Cc2ccc(Br)s2)c1. The van der Waals surface area contributed by atoms with Crippen LogP contribution in [-0.2, 0) is 21.4 Å². The van der Waals surface area contributed by atoms with Gasteiger partial charge in [0.15, 0.2) is 0 Å². The lowest BCUT2D eigenvalue weighted by molar-refractivity contribution is -0.114. The molecule has 0 saturated carbocycles. The topological polar surface area (TPSA) is 95.6 Å². The lowest BCUT2D eigenvalue weighted by Gasteiger charge is -2.19. The maximum absolute atomic E-state index is 12.9. The Morgan fingerprint density at radius 3 is 2.46 bits per heavy atom. The largest absolute Gasteiger partial charge is 0.336 e. The zero-order valence-electron chi connectivity index (χ0n) is 14.4. The van der Waals surface area contributed by atoms with Crippen LogP contribution in [0.3, 0.4) is 0 Å². The van der Waals surface area contributed by atoms with Crippen molar-refractivity contribution >= 4 is 60.5 Å². The molecule has 0 spiro atoms. The first-order valence-corrected chi connectivity index (χ1v) is 10.9. The van der Waals surface area contributed by atoms with Crippen LogP contribution in [0.2, 0.25) is 0 Å². The van der Waals surface area contributed by atoms with E-state index in [0.29, 0.717) is 12.2 Å². The molecule has 7 nitrogen and oxygen atoms in total. The minimum Gasteiger partial charge on any atom is -0.336 e. The summed E-state index contributed by atoms with van der Waals surface area (Å²) >= 11 is 4.89. The van der Waals surface area contributed by atoms with Gasteiger partial charge in [-0.1, -0.05) is 0 Å². The van der Waals surface area contributed by atoms with Crippen molar-refractivity contribution in [3.05, 3.63) is 44.6 Å². The highest BCUT2D eigenvalue weighted by Gasteiger charge is 2.19. The minimum atomic E-state index is -3.56. The average Bonchev–Trinajstić information content (AvgIpc) is 2.91. The van der Waals surface area contributed by atoms with Crippen LogP contribution in [0.5, 0.6) is 0 Å². The van der Waals surface area contributed by atoms with E-state index in [-0.39, 0.29) is 23.1 Å². The van der Waals surface area contributed by atoms with E-state index in [0.717, 1.165) is 14.9 Å². The molecule has 0 aliphatic carbocycles. The Balaban J connectivity index is 2.35. The third kappa shape index (κ3) is 5.82. The number of sulfonamides is 1. The van der Waals surface area contributed by atoms with Crippen LogP contribution >= 0.6 is 27.3 Å². The summed E-state index contributed by atoms with van der Waals surface area (Å²) in [5, 5.41) is 2.59. The van der Waals surface area contributed by atoms with E-state index in [1.54, 1.807) is 7.05 Å². The van der Waals surface area contributed by atoms with Crippen molar-refractivity contribution in [2.45, 2.75) is 13.5 Å². The summed E-state index contributed by atoms with van der Waals surface area (Å²) in [5.41, 5.74) is 0.720. The van der Waals surface area contributed by atoms with E-state index in [9.17, 15) is 18.0 Å². The van der Waals surface area contributed by atoms with Gasteiger partial charge in [0.2, 0.25) is 15.9 Å². The number of hydrogen-bond acceptors (Lipinski definition) is 5. The normalized spacial score (nSPS) is 11.1. The van der Waals surface area contributed by atoms with E-state index >= 15 is 0 Å². The van der Waals surface area contributed by atoms with E-state index in [4.69, 9.17) is 0 Å². The second-order valence-corrected chi connectivity index (χ2v) is 9.98. The summed E-state index contributed by atoms with van der Waals surface area (Å²) in [6.45, 7) is 1.72. The van der Waals surface area contributed by atoms with Gasteiger partial charge >= 0.3 is 0 Å². The van der Waals surface area contributed by atoms with Crippen molar-refractivity contribution in [3.63, 3.8) is 0 Å². The lowest BCUT2D eigenvalue weighted by Crippen LogP contribution is -2.27. The number of carbonyl (C=O) groups excluding carboxylic acids is 2. The Morgan fingerprint density at radius 2 is 1.92 bits per heavy atom. The van der Waals surface area contributed by atoms with Crippen molar-refractivity contribution in [1.82, 2.24) is 4.90 Å². The van der Waals surface area contributed by atoms with Crippen LogP contribution < -0.4 is 10.0 Å². The van der Waals surface area contributed by atoms with Gasteiger partial charge in [-0.25, -0.2) is 8.42 Å². The number of rotatable bonds is 6. The molecule has 0 fully saturated rings. The fourth-order valence-corrected chi connectivity index (χ4v) is 4.35. The standard InChI is InChI=1S/C16H18BrN3O4S2/c1-10(21)18-11-4-6-14(19-26(3,23)24)13(8-11)16(22)20(2)9-12-5-7-15(17)25-12/h4-8,19H,9H2,1-3H3,(H,18,21). The van der Waals surface area contributed by atoms with Crippen LogP contribution in [0.1, 0.15) is 22.2 Å². The molecule has 2 aromatic rings. The number of nitrogens with one attached hydrogen (secondary N) is 2. The van der Waals surface area contributed by atoms with Gasteiger partial charge in [0.1, 0.15) is 0 Å². The molecule has 2 amide bonds. The molecule has 0 radical (unpaired) electrons. The summed E-state index contributed by atoms with van der Waals surface area (Å²) in [6.07, 6.45) is 1.01. The van der Waals surface area contributed by atoms with Gasteiger partial charge in [-0.3, -0.25) is 14.3 Å². The Hall–Kier alpha value is -1.91. The molecule has 1 heterocycles. The highest BCUT2D eigenvalue weighted by atomic mass is 79.9. The Labute approximate surface area is 164 Å². The van der Waals surface area contributed by atoms with Crippen molar-refractivity contribution < 1.29 is 18.0 Å². The minimum absolute atomic E-state index is 0.153. The fourth-order valence-electron chi connectivity index (χ4n) is 2.24. The number of thiophene rings is 1. The van der Waals surface area contributed by atoms with Gasteiger partial charge in [-0.15, -0.1) is 11.3 Å². The monoisotopic (exact) mass is 459 g/mol. The number of nitrogens with zero attached hydrogens (tertiary/aromatic N) is 1. The molecule has 26 heavy (non-hydrogen) atoms. The fraction of sp³-hybridized carbons (Fsp3) is 0.250. The van der Waals surface area contributed by atoms with Gasteiger partial charge < -0.3 is 10.2 Å². The van der Waals surface area contributed by atoms with Crippen LogP contribution in [-0.4, -0.2) is 38.4 Å². The summed E-state index contributed by atoms with van der Waals surface area (Å²) in [7, 11) is -1.93. The molecule has 0 atom stereocenters. The number of benzene rings is 1. The van der Waals surface area contributed by atoms with Crippen LogP contribution in [0, 0.1) is 0 Å². The van der Waals surface area contributed by atoms with Crippen molar-refractivity contribution in [2.24, 2.45) is 0 Å². The predicted octanol–water partition coefficient (Wildman–Crippen LogP) is 3.11. The number of carbonyl (C=O) groups is 2. The third-order valence-corrected chi connectivity index (χ3v) is 5.43. The molecule has 2 rings (SSSR count). The van der Waals surface area contributed by atoms with Crippen LogP contribution in [0.15, 0.2) is 34.1 Å². The zero-order valence-corrected chi connectivity index (χ0v) is 17.6. The van der Waals surface area contributed by atoms with E-state index < -0.39 is 10.0 Å². The maximum Gasteiger partial charge on any atom is 0.256 e. The first-order valence-electron chi connectivity index (χ1n) is 7.44. The maximum atomic E-state index is 12.9. The van der Waals surface area contributed by atoms with Crippen molar-refractivity contribution in [3.8, 4) is 0 Å². The zero-order chi connectivity index (χ0) is 19.5. The smallest absolute Gasteiger partial charge is 0.256 e. The van der Waals surface area contributed by atoms with Gasteiger partial charge in [0.05, 0.1) is 27.8 Å². The summed E-state index contributed by atoms with van der Waals surface area (Å²) in [4.78, 5) is 26.6. The van der Waals surface area contributed by atoms with E-state index in [1.165, 1.54) is 41.4 Å². The Kier molecular flexibility index (Phi) is 6.43. The summed E-state index contributed by atoms with van der Waals surface area (Å²) < 4.78 is 26.5. The lowest BCUT2D eigenvalue weighted by atomic mass is 10.1. The molecule has 0 unspecified atom stereocenters. The predicted molar refractivity (Wildman–Crippen MR) is 107 cm³/mol. The van der Waals surface area contributed by atoms with E-state index in [1.807, 2.05) is 12.1 Å². The molecule has 140 valence electrons. The molecule has 1 aromatic heterocycles. The first kappa shape index (κ1) is 20.4. The molecule has 0 aliphatic rings. The highest BCUT2D eigenvalue weighted by molar-refractivity contribution is 9.11. The van der Waals surface area contributed by atoms with Gasteiger partial charge in [-0.05, 0) is 46.3 Å². The Bertz CT molecular complexity index is 941. The van der Waals surface area contributed by atoms with Gasteiger partial charge in [-0.2, -0.15) is 0 Å². The number of halogens is 1. The average molecular weight is 460 g/mol. The number of hydrogen-bond donors (Lipinski definition) is 2. The molecule has 0 bridgehead atoms. The molecule has 1 aromatic carbocycles. The van der Waals surface area contributed by atoms with Crippen LogP contribution in [0.25, 0.3) is 0 Å². The second-order valence-electron chi connectivity index (χ2n) is 5.68. The van der Waals surface area contributed by atoms with Crippen LogP contribution in [0.4, 0.5) is 11.4 Å².